The Morgan fingerprint density at radius 2 is 1.92 bits per heavy atom. The number of hydrogen-bond donors (Lipinski definition) is 1. The van der Waals surface area contributed by atoms with Crippen molar-refractivity contribution in [3.05, 3.63) is 39.6 Å². The second-order valence-corrected chi connectivity index (χ2v) is 2.14. The van der Waals surface area contributed by atoms with Crippen LogP contribution in [0, 0.1) is 15.3 Å². The Hall–Kier alpha value is -2.18. The lowest BCUT2D eigenvalue weighted by Gasteiger charge is -1.95. The first-order chi connectivity index (χ1) is 6.15. The highest BCUT2D eigenvalue weighted by Gasteiger charge is 2.11. The Balaban J connectivity index is 3.13. The standard InChI is InChI=1S/C6H5N3O4/c10-7-8(11)5-2-1-3-6(4-5)9(12)13/h1-4,10H/b8-7-. The van der Waals surface area contributed by atoms with Crippen molar-refractivity contribution in [1.29, 1.82) is 0 Å². The minimum absolute atomic E-state index is 0.100. The van der Waals surface area contributed by atoms with E-state index in [1.165, 1.54) is 18.2 Å². The van der Waals surface area contributed by atoms with E-state index in [0.717, 1.165) is 6.07 Å². The fraction of sp³-hybridized carbons (Fsp3) is 0. The molecule has 7 nitrogen and oxygen atoms in total. The Labute approximate surface area is 72.2 Å². The van der Waals surface area contributed by atoms with Crippen molar-refractivity contribution in [1.82, 2.24) is 0 Å². The third-order valence-electron chi connectivity index (χ3n) is 1.34. The quantitative estimate of drug-likeness (QED) is 0.325. The second kappa shape index (κ2) is 3.48. The summed E-state index contributed by atoms with van der Waals surface area (Å²) in [7, 11) is 0. The zero-order chi connectivity index (χ0) is 9.84. The molecule has 1 rings (SSSR count). The average Bonchev–Trinajstić information content (AvgIpc) is 2.17. The van der Waals surface area contributed by atoms with E-state index < -0.39 is 4.92 Å². The fourth-order valence-corrected chi connectivity index (χ4v) is 0.777. The Morgan fingerprint density at radius 3 is 2.46 bits per heavy atom. The molecule has 0 unspecified atom stereocenters. The molecule has 0 saturated heterocycles. The third kappa shape index (κ3) is 1.89. The fourth-order valence-electron chi connectivity index (χ4n) is 0.777. The summed E-state index contributed by atoms with van der Waals surface area (Å²) >= 11 is 0. The second-order valence-electron chi connectivity index (χ2n) is 2.14. The van der Waals surface area contributed by atoms with Crippen molar-refractivity contribution in [2.45, 2.75) is 0 Å². The van der Waals surface area contributed by atoms with Crippen LogP contribution in [0.5, 0.6) is 0 Å². The van der Waals surface area contributed by atoms with Crippen LogP contribution in [-0.4, -0.2) is 15.0 Å². The summed E-state index contributed by atoms with van der Waals surface area (Å²) < 4.78 is 0. The first-order valence-electron chi connectivity index (χ1n) is 3.22. The summed E-state index contributed by atoms with van der Waals surface area (Å²) in [4.78, 5) is 9.49. The summed E-state index contributed by atoms with van der Waals surface area (Å²) in [5.41, 5.74) is -0.335. The Kier molecular flexibility index (Phi) is 2.38. The van der Waals surface area contributed by atoms with Gasteiger partial charge in [0.25, 0.3) is 11.4 Å². The van der Waals surface area contributed by atoms with Gasteiger partial charge < -0.3 is 10.4 Å². The first-order valence-corrected chi connectivity index (χ1v) is 3.22. The van der Waals surface area contributed by atoms with Crippen molar-refractivity contribution < 1.29 is 15.0 Å². The SMILES string of the molecule is O=[N+]([O-])c1cccc(/[N+]([O-])=N/O)c1. The van der Waals surface area contributed by atoms with E-state index in [1.807, 2.05) is 0 Å². The van der Waals surface area contributed by atoms with Gasteiger partial charge in [-0.2, -0.15) is 0 Å². The van der Waals surface area contributed by atoms with Crippen molar-refractivity contribution in [2.75, 3.05) is 0 Å². The van der Waals surface area contributed by atoms with Gasteiger partial charge in [0.05, 0.1) is 11.0 Å². The predicted molar refractivity (Wildman–Crippen MR) is 40.6 cm³/mol. The molecule has 0 aliphatic carbocycles. The predicted octanol–water partition coefficient (Wildman–Crippen LogP) is 1.58. The number of nitro benzene ring substituents is 1. The van der Waals surface area contributed by atoms with Gasteiger partial charge in [-0.1, -0.05) is 0 Å². The molecule has 1 aromatic carbocycles. The highest BCUT2D eigenvalue weighted by molar-refractivity contribution is 5.41. The molecule has 13 heavy (non-hydrogen) atoms. The van der Waals surface area contributed by atoms with Gasteiger partial charge in [-0.3, -0.25) is 10.1 Å². The molecular weight excluding hydrogens is 178 g/mol. The van der Waals surface area contributed by atoms with Gasteiger partial charge in [-0.15, -0.1) is 0 Å². The van der Waals surface area contributed by atoms with Crippen LogP contribution in [0.3, 0.4) is 0 Å². The lowest BCUT2D eigenvalue weighted by molar-refractivity contribution is -0.474. The van der Waals surface area contributed by atoms with E-state index in [-0.39, 0.29) is 16.2 Å². The summed E-state index contributed by atoms with van der Waals surface area (Å²) in [5.74, 6) is 0. The number of non-ortho nitro benzene ring substituents is 1. The lowest BCUT2D eigenvalue weighted by atomic mass is 10.3. The van der Waals surface area contributed by atoms with Crippen molar-refractivity contribution in [3.63, 3.8) is 0 Å². The van der Waals surface area contributed by atoms with Gasteiger partial charge >= 0.3 is 0 Å². The molecule has 0 aliphatic heterocycles. The van der Waals surface area contributed by atoms with Gasteiger partial charge in [-0.05, 0) is 10.9 Å². The molecule has 0 aliphatic rings. The molecular formula is C6H5N3O4. The molecule has 0 radical (unpaired) electrons. The molecule has 0 bridgehead atoms. The van der Waals surface area contributed by atoms with E-state index in [2.05, 4.69) is 5.28 Å². The van der Waals surface area contributed by atoms with E-state index in [4.69, 9.17) is 5.21 Å². The summed E-state index contributed by atoms with van der Waals surface area (Å²) in [6.45, 7) is 0. The number of nitro groups is 1. The molecule has 68 valence electrons. The van der Waals surface area contributed by atoms with Crippen LogP contribution in [0.2, 0.25) is 0 Å². The van der Waals surface area contributed by atoms with E-state index in [1.54, 1.807) is 0 Å². The van der Waals surface area contributed by atoms with E-state index in [0.29, 0.717) is 0 Å². The number of nitrogens with zero attached hydrogens (tertiary/aromatic N) is 3. The number of rotatable bonds is 2. The minimum Gasteiger partial charge on any atom is -0.592 e. The highest BCUT2D eigenvalue weighted by atomic mass is 16.6. The van der Waals surface area contributed by atoms with Crippen LogP contribution in [0.25, 0.3) is 0 Å². The lowest BCUT2D eigenvalue weighted by Crippen LogP contribution is -1.93. The van der Waals surface area contributed by atoms with Crippen LogP contribution < -0.4 is 0 Å². The topological polar surface area (TPSA) is 102 Å². The zero-order valence-electron chi connectivity index (χ0n) is 6.32. The Morgan fingerprint density at radius 1 is 1.31 bits per heavy atom. The van der Waals surface area contributed by atoms with Crippen LogP contribution in [0.4, 0.5) is 11.4 Å². The molecule has 0 fully saturated rings. The van der Waals surface area contributed by atoms with Gasteiger partial charge in [0, 0.05) is 12.1 Å². The van der Waals surface area contributed by atoms with Gasteiger partial charge in [0.15, 0.2) is 0 Å². The van der Waals surface area contributed by atoms with Crippen LogP contribution >= 0.6 is 0 Å². The maximum absolute atomic E-state index is 10.7. The summed E-state index contributed by atoms with van der Waals surface area (Å²) in [6, 6.07) is 4.85. The zero-order valence-corrected chi connectivity index (χ0v) is 6.32. The molecule has 1 N–H and O–H groups in total. The van der Waals surface area contributed by atoms with Gasteiger partial charge in [0.1, 0.15) is 0 Å². The Bertz CT molecular complexity index is 363. The van der Waals surface area contributed by atoms with E-state index in [9.17, 15) is 15.3 Å². The molecule has 0 amide bonds. The molecule has 7 heteroatoms. The molecule has 1 aromatic rings. The van der Waals surface area contributed by atoms with Crippen molar-refractivity contribution in [2.24, 2.45) is 5.28 Å². The summed E-state index contributed by atoms with van der Waals surface area (Å²) in [6.07, 6.45) is 0. The maximum atomic E-state index is 10.7. The van der Waals surface area contributed by atoms with Crippen molar-refractivity contribution in [3.8, 4) is 0 Å². The third-order valence-corrected chi connectivity index (χ3v) is 1.34. The highest BCUT2D eigenvalue weighted by Crippen LogP contribution is 2.18. The largest absolute Gasteiger partial charge is 0.592 e. The number of benzene rings is 1. The van der Waals surface area contributed by atoms with Crippen molar-refractivity contribution >= 4 is 11.4 Å². The first kappa shape index (κ1) is 8.91. The van der Waals surface area contributed by atoms with Crippen LogP contribution in [-0.2, 0) is 0 Å². The minimum atomic E-state index is -0.644. The van der Waals surface area contributed by atoms with Crippen LogP contribution in [0.1, 0.15) is 0 Å². The van der Waals surface area contributed by atoms with Gasteiger partial charge in [0.2, 0.25) is 5.28 Å². The van der Waals surface area contributed by atoms with Crippen LogP contribution in [0.15, 0.2) is 29.5 Å². The van der Waals surface area contributed by atoms with Gasteiger partial charge in [-0.25, -0.2) is 0 Å². The molecule has 0 heterocycles. The molecule has 0 spiro atoms. The normalized spacial score (nSPS) is 11.2. The average molecular weight is 183 g/mol. The smallest absolute Gasteiger partial charge is 0.276 e. The summed E-state index contributed by atoms with van der Waals surface area (Å²) in [5, 5.41) is 31.3. The maximum Gasteiger partial charge on any atom is 0.276 e. The number of hydrogen-bond acceptors (Lipinski definition) is 4. The van der Waals surface area contributed by atoms with E-state index >= 15 is 0 Å². The monoisotopic (exact) mass is 183 g/mol. The molecule has 0 aromatic heterocycles. The molecule has 0 saturated carbocycles. The molecule has 0 atom stereocenters.